The van der Waals surface area contributed by atoms with Gasteiger partial charge >= 0.3 is 0 Å². The number of rotatable bonds is 5. The number of aliphatic imine (C=N–C) groups is 1. The van der Waals surface area contributed by atoms with Crippen molar-refractivity contribution in [3.8, 4) is 11.3 Å². The predicted molar refractivity (Wildman–Crippen MR) is 106 cm³/mol. The highest BCUT2D eigenvalue weighted by Gasteiger charge is 2.15. The molecule has 1 aliphatic rings. The lowest BCUT2D eigenvalue weighted by Gasteiger charge is -2.13. The van der Waals surface area contributed by atoms with Crippen LogP contribution in [0.2, 0.25) is 4.34 Å². The van der Waals surface area contributed by atoms with Crippen LogP contribution in [0.5, 0.6) is 0 Å². The van der Waals surface area contributed by atoms with Gasteiger partial charge in [-0.05, 0) is 12.1 Å². The Morgan fingerprint density at radius 1 is 1.26 bits per heavy atom. The Kier molecular flexibility index (Phi) is 4.96. The van der Waals surface area contributed by atoms with Crippen LogP contribution in [0.4, 0.5) is 0 Å². The molecule has 1 amide bonds. The summed E-state index contributed by atoms with van der Waals surface area (Å²) in [6.45, 7) is 2.08. The lowest BCUT2D eigenvalue weighted by atomic mass is 10.1. The molecule has 2 aromatic heterocycles. The van der Waals surface area contributed by atoms with Crippen molar-refractivity contribution in [3.63, 3.8) is 0 Å². The molecule has 0 radical (unpaired) electrons. The maximum absolute atomic E-state index is 12.1. The Labute approximate surface area is 165 Å². The fourth-order valence-electron chi connectivity index (χ4n) is 2.85. The minimum atomic E-state index is -0.178. The van der Waals surface area contributed by atoms with Gasteiger partial charge in [0.1, 0.15) is 11.5 Å². The van der Waals surface area contributed by atoms with Gasteiger partial charge in [-0.1, -0.05) is 41.0 Å². The van der Waals surface area contributed by atoms with Gasteiger partial charge in [-0.15, -0.1) is 11.3 Å². The summed E-state index contributed by atoms with van der Waals surface area (Å²) in [7, 11) is 2.04. The number of likely N-dealkylation sites (N-methyl/N-ethyl adjacent to an activating group) is 1. The number of hydrogen-bond acceptors (Lipinski definition) is 6. The molecule has 0 bridgehead atoms. The van der Waals surface area contributed by atoms with Crippen molar-refractivity contribution in [2.75, 3.05) is 20.1 Å². The van der Waals surface area contributed by atoms with Crippen molar-refractivity contribution < 1.29 is 9.32 Å². The Bertz CT molecular complexity index is 993. The number of hydrogen-bond donors (Lipinski definition) is 1. The van der Waals surface area contributed by atoms with Crippen LogP contribution in [-0.4, -0.2) is 41.9 Å². The zero-order valence-corrected chi connectivity index (χ0v) is 16.2. The molecule has 138 valence electrons. The number of aromatic nitrogens is 1. The smallest absolute Gasteiger partial charge is 0.261 e. The third-order valence-electron chi connectivity index (χ3n) is 4.27. The van der Waals surface area contributed by atoms with Gasteiger partial charge in [-0.3, -0.25) is 9.79 Å². The summed E-state index contributed by atoms with van der Waals surface area (Å²) in [5.41, 5.74) is 2.67. The summed E-state index contributed by atoms with van der Waals surface area (Å²) in [5, 5.41) is 6.84. The Balaban J connectivity index is 1.41. The molecule has 0 fully saturated rings. The van der Waals surface area contributed by atoms with E-state index in [1.54, 1.807) is 12.1 Å². The molecule has 0 spiro atoms. The number of carbonyl (C=O) groups excluding carboxylic acids is 1. The molecule has 3 aromatic rings. The number of carbonyl (C=O) groups is 1. The molecule has 6 nitrogen and oxygen atoms in total. The second-order valence-electron chi connectivity index (χ2n) is 6.17. The first-order chi connectivity index (χ1) is 13.1. The molecule has 0 unspecified atom stereocenters. The first-order valence-corrected chi connectivity index (χ1v) is 9.65. The zero-order valence-electron chi connectivity index (χ0n) is 14.6. The number of halogens is 1. The number of nitrogens with zero attached hydrogens (tertiary/aromatic N) is 3. The van der Waals surface area contributed by atoms with E-state index < -0.39 is 0 Å². The minimum Gasteiger partial charge on any atom is -0.358 e. The summed E-state index contributed by atoms with van der Waals surface area (Å²) < 4.78 is 6.00. The topological polar surface area (TPSA) is 70.7 Å². The summed E-state index contributed by atoms with van der Waals surface area (Å²) >= 11 is 7.10. The highest BCUT2D eigenvalue weighted by molar-refractivity contribution is 7.17. The first kappa shape index (κ1) is 17.8. The molecule has 0 atom stereocenters. The molecule has 4 rings (SSSR count). The van der Waals surface area contributed by atoms with Crippen LogP contribution < -0.4 is 5.32 Å². The SMILES string of the molecule is CN1CCN=C1c1ccc(-c2cc(CNC(=O)c3ccc(Cl)s3)no2)cc1. The van der Waals surface area contributed by atoms with Crippen LogP contribution in [0, 0.1) is 0 Å². The fourth-order valence-corrected chi connectivity index (χ4v) is 3.81. The van der Waals surface area contributed by atoms with Crippen molar-refractivity contribution in [2.45, 2.75) is 6.54 Å². The Morgan fingerprint density at radius 3 is 2.70 bits per heavy atom. The molecular weight excluding hydrogens is 384 g/mol. The number of amidine groups is 1. The highest BCUT2D eigenvalue weighted by Crippen LogP contribution is 2.23. The number of amides is 1. The average Bonchev–Trinajstić information content (AvgIpc) is 3.41. The molecule has 0 saturated carbocycles. The standard InChI is InChI=1S/C19H17ClN4O2S/c1-24-9-8-21-18(24)13-4-2-12(3-5-13)15-10-14(23-26-15)11-22-19(25)16-6-7-17(20)27-16/h2-7,10H,8-9,11H2,1H3,(H,22,25). The van der Waals surface area contributed by atoms with E-state index in [0.717, 1.165) is 30.1 Å². The minimum absolute atomic E-state index is 0.178. The van der Waals surface area contributed by atoms with E-state index in [4.69, 9.17) is 16.1 Å². The second-order valence-corrected chi connectivity index (χ2v) is 7.89. The molecule has 1 aromatic carbocycles. The van der Waals surface area contributed by atoms with Crippen molar-refractivity contribution in [1.29, 1.82) is 0 Å². The van der Waals surface area contributed by atoms with Crippen molar-refractivity contribution in [1.82, 2.24) is 15.4 Å². The number of thiophene rings is 1. The molecule has 27 heavy (non-hydrogen) atoms. The van der Waals surface area contributed by atoms with E-state index in [2.05, 4.69) is 20.4 Å². The third-order valence-corrected chi connectivity index (χ3v) is 5.50. The number of benzene rings is 1. The van der Waals surface area contributed by atoms with Crippen molar-refractivity contribution in [2.24, 2.45) is 4.99 Å². The van der Waals surface area contributed by atoms with Gasteiger partial charge in [0.2, 0.25) is 0 Å². The second kappa shape index (κ2) is 7.54. The van der Waals surface area contributed by atoms with E-state index in [1.165, 1.54) is 11.3 Å². The van der Waals surface area contributed by atoms with Crippen LogP contribution in [0.15, 0.2) is 52.0 Å². The van der Waals surface area contributed by atoms with Gasteiger partial charge in [0.15, 0.2) is 5.76 Å². The van der Waals surface area contributed by atoms with Gasteiger partial charge < -0.3 is 14.7 Å². The molecule has 8 heteroatoms. The van der Waals surface area contributed by atoms with E-state index in [1.807, 2.05) is 37.4 Å². The van der Waals surface area contributed by atoms with Crippen LogP contribution in [-0.2, 0) is 6.54 Å². The van der Waals surface area contributed by atoms with Gasteiger partial charge in [-0.25, -0.2) is 0 Å². The van der Waals surface area contributed by atoms with Crippen LogP contribution >= 0.6 is 22.9 Å². The van der Waals surface area contributed by atoms with Crippen molar-refractivity contribution in [3.05, 3.63) is 62.9 Å². The van der Waals surface area contributed by atoms with E-state index in [-0.39, 0.29) is 12.5 Å². The molecule has 1 N–H and O–H groups in total. The summed E-state index contributed by atoms with van der Waals surface area (Å²) in [4.78, 5) is 19.3. The Morgan fingerprint density at radius 2 is 2.04 bits per heavy atom. The van der Waals surface area contributed by atoms with E-state index >= 15 is 0 Å². The summed E-state index contributed by atoms with van der Waals surface area (Å²) in [6.07, 6.45) is 0. The normalized spacial score (nSPS) is 13.7. The largest absolute Gasteiger partial charge is 0.358 e. The van der Waals surface area contributed by atoms with Crippen molar-refractivity contribution >= 4 is 34.7 Å². The summed E-state index contributed by atoms with van der Waals surface area (Å²) in [5.74, 6) is 1.49. The predicted octanol–water partition coefficient (Wildman–Crippen LogP) is 3.68. The molecule has 0 saturated heterocycles. The molecule has 0 aliphatic carbocycles. The fraction of sp³-hybridized carbons (Fsp3) is 0.211. The zero-order chi connectivity index (χ0) is 18.8. The summed E-state index contributed by atoms with van der Waals surface area (Å²) in [6, 6.07) is 13.3. The van der Waals surface area contributed by atoms with Gasteiger partial charge in [0.05, 0.1) is 22.3 Å². The van der Waals surface area contributed by atoms with Crippen LogP contribution in [0.3, 0.4) is 0 Å². The molecular formula is C19H17ClN4O2S. The maximum Gasteiger partial charge on any atom is 0.261 e. The monoisotopic (exact) mass is 400 g/mol. The average molecular weight is 401 g/mol. The molecule has 3 heterocycles. The Hall–Kier alpha value is -2.64. The lowest BCUT2D eigenvalue weighted by molar-refractivity contribution is 0.0954. The first-order valence-electron chi connectivity index (χ1n) is 8.46. The number of nitrogens with one attached hydrogen (secondary N) is 1. The van der Waals surface area contributed by atoms with E-state index in [9.17, 15) is 4.79 Å². The maximum atomic E-state index is 12.1. The van der Waals surface area contributed by atoms with Gasteiger partial charge in [0, 0.05) is 30.8 Å². The molecule has 1 aliphatic heterocycles. The van der Waals surface area contributed by atoms with Crippen LogP contribution in [0.1, 0.15) is 20.9 Å². The van der Waals surface area contributed by atoms with Gasteiger partial charge in [0.25, 0.3) is 5.91 Å². The highest BCUT2D eigenvalue weighted by atomic mass is 35.5. The van der Waals surface area contributed by atoms with E-state index in [0.29, 0.717) is 20.7 Å². The third kappa shape index (κ3) is 3.89. The lowest BCUT2D eigenvalue weighted by Crippen LogP contribution is -2.23. The van der Waals surface area contributed by atoms with Crippen LogP contribution in [0.25, 0.3) is 11.3 Å². The quantitative estimate of drug-likeness (QED) is 0.709. The van der Waals surface area contributed by atoms with Gasteiger partial charge in [-0.2, -0.15) is 0 Å².